The molecular formula is C11H16O4. The first-order valence-electron chi connectivity index (χ1n) is 5.36. The van der Waals surface area contributed by atoms with Gasteiger partial charge >= 0.3 is 11.9 Å². The summed E-state index contributed by atoms with van der Waals surface area (Å²) < 4.78 is 9.51. The lowest BCUT2D eigenvalue weighted by Gasteiger charge is -2.12. The molecule has 2 saturated carbocycles. The van der Waals surface area contributed by atoms with Crippen LogP contribution in [0.15, 0.2) is 0 Å². The molecule has 2 fully saturated rings. The molecule has 0 aliphatic heterocycles. The van der Waals surface area contributed by atoms with Crippen LogP contribution in [0.1, 0.15) is 25.7 Å². The van der Waals surface area contributed by atoms with Crippen molar-refractivity contribution in [2.75, 3.05) is 14.2 Å². The molecule has 15 heavy (non-hydrogen) atoms. The Morgan fingerprint density at radius 2 is 1.40 bits per heavy atom. The summed E-state index contributed by atoms with van der Waals surface area (Å²) in [6, 6.07) is 0. The Bertz CT molecular complexity index is 267. The average molecular weight is 212 g/mol. The number of rotatable bonds is 2. The molecule has 2 atom stereocenters. The lowest BCUT2D eigenvalue weighted by Crippen LogP contribution is -2.31. The number of ether oxygens (including phenoxy) is 2. The van der Waals surface area contributed by atoms with Gasteiger partial charge in [-0.25, -0.2) is 0 Å². The first-order chi connectivity index (χ1) is 7.19. The molecule has 0 amide bonds. The van der Waals surface area contributed by atoms with Crippen LogP contribution in [0, 0.1) is 17.3 Å². The first kappa shape index (κ1) is 10.5. The van der Waals surface area contributed by atoms with Crippen molar-refractivity contribution in [1.82, 2.24) is 0 Å². The molecule has 0 saturated heterocycles. The molecule has 0 aromatic carbocycles. The van der Waals surface area contributed by atoms with Crippen LogP contribution in [-0.2, 0) is 19.1 Å². The van der Waals surface area contributed by atoms with Crippen LogP contribution in [0.3, 0.4) is 0 Å². The maximum absolute atomic E-state index is 11.7. The van der Waals surface area contributed by atoms with Crippen molar-refractivity contribution in [2.45, 2.75) is 25.7 Å². The Labute approximate surface area is 88.9 Å². The summed E-state index contributed by atoms with van der Waals surface area (Å²) in [5.41, 5.74) is -0.958. The molecule has 0 aromatic heterocycles. The summed E-state index contributed by atoms with van der Waals surface area (Å²) in [5.74, 6) is -0.505. The van der Waals surface area contributed by atoms with E-state index in [1.54, 1.807) is 0 Å². The van der Waals surface area contributed by atoms with Gasteiger partial charge in [0.2, 0.25) is 0 Å². The van der Waals surface area contributed by atoms with Gasteiger partial charge in [0.15, 0.2) is 5.41 Å². The molecule has 2 unspecified atom stereocenters. The van der Waals surface area contributed by atoms with Crippen LogP contribution in [0.2, 0.25) is 0 Å². The number of carbonyl (C=O) groups is 2. The molecule has 0 aromatic rings. The second-order valence-electron chi connectivity index (χ2n) is 4.35. The zero-order valence-electron chi connectivity index (χ0n) is 9.12. The summed E-state index contributed by atoms with van der Waals surface area (Å²) in [5, 5.41) is 0. The lowest BCUT2D eigenvalue weighted by atomic mass is 10.0. The highest BCUT2D eigenvalue weighted by Gasteiger charge is 2.75. The monoisotopic (exact) mass is 212 g/mol. The predicted octanol–water partition coefficient (Wildman–Crippen LogP) is 1.14. The van der Waals surface area contributed by atoms with Gasteiger partial charge < -0.3 is 9.47 Å². The molecule has 4 nitrogen and oxygen atoms in total. The fourth-order valence-corrected chi connectivity index (χ4v) is 3.15. The number of hydrogen-bond donors (Lipinski definition) is 0. The molecule has 0 bridgehead atoms. The standard InChI is InChI=1S/C11H16O4/c1-14-9(12)11(10(13)15-2)7-5-3-4-6-8(7)11/h7-8H,3-6H2,1-2H3. The van der Waals surface area contributed by atoms with Gasteiger partial charge in [-0.3, -0.25) is 9.59 Å². The molecule has 0 N–H and O–H groups in total. The molecule has 0 heterocycles. The van der Waals surface area contributed by atoms with Gasteiger partial charge in [0, 0.05) is 0 Å². The van der Waals surface area contributed by atoms with E-state index in [1.165, 1.54) is 14.2 Å². The van der Waals surface area contributed by atoms with Crippen molar-refractivity contribution in [3.05, 3.63) is 0 Å². The summed E-state index contributed by atoms with van der Waals surface area (Å²) in [6.07, 6.45) is 4.07. The van der Waals surface area contributed by atoms with Gasteiger partial charge in [-0.05, 0) is 24.7 Å². The van der Waals surface area contributed by atoms with Crippen molar-refractivity contribution >= 4 is 11.9 Å². The third-order valence-electron chi connectivity index (χ3n) is 3.87. The Morgan fingerprint density at radius 1 is 1.00 bits per heavy atom. The maximum Gasteiger partial charge on any atom is 0.323 e. The SMILES string of the molecule is COC(=O)C1(C(=O)OC)C2CCCCC21. The van der Waals surface area contributed by atoms with Gasteiger partial charge in [-0.2, -0.15) is 0 Å². The van der Waals surface area contributed by atoms with Crippen LogP contribution in [0.25, 0.3) is 0 Å². The number of carbonyl (C=O) groups excluding carboxylic acids is 2. The third-order valence-corrected chi connectivity index (χ3v) is 3.87. The summed E-state index contributed by atoms with van der Waals surface area (Å²) in [6.45, 7) is 0. The largest absolute Gasteiger partial charge is 0.468 e. The lowest BCUT2D eigenvalue weighted by molar-refractivity contribution is -0.162. The van der Waals surface area contributed by atoms with Gasteiger partial charge in [0.1, 0.15) is 0 Å². The van der Waals surface area contributed by atoms with Crippen LogP contribution < -0.4 is 0 Å². The minimum Gasteiger partial charge on any atom is -0.468 e. The Kier molecular flexibility index (Phi) is 2.44. The van der Waals surface area contributed by atoms with Crippen molar-refractivity contribution in [2.24, 2.45) is 17.3 Å². The van der Waals surface area contributed by atoms with E-state index in [0.717, 1.165) is 25.7 Å². The van der Waals surface area contributed by atoms with E-state index in [9.17, 15) is 9.59 Å². The molecule has 2 rings (SSSR count). The highest BCUT2D eigenvalue weighted by Crippen LogP contribution is 2.66. The summed E-state index contributed by atoms with van der Waals surface area (Å²) in [4.78, 5) is 23.5. The van der Waals surface area contributed by atoms with Gasteiger partial charge in [-0.15, -0.1) is 0 Å². The quantitative estimate of drug-likeness (QED) is 0.508. The zero-order chi connectivity index (χ0) is 11.1. The summed E-state index contributed by atoms with van der Waals surface area (Å²) in [7, 11) is 2.66. The van der Waals surface area contributed by atoms with Crippen LogP contribution in [0.4, 0.5) is 0 Å². The zero-order valence-corrected chi connectivity index (χ0v) is 9.12. The Hall–Kier alpha value is -1.06. The molecule has 2 aliphatic rings. The van der Waals surface area contributed by atoms with Crippen molar-refractivity contribution < 1.29 is 19.1 Å². The van der Waals surface area contributed by atoms with Crippen molar-refractivity contribution in [3.63, 3.8) is 0 Å². The minimum atomic E-state index is -0.958. The Morgan fingerprint density at radius 3 is 1.73 bits per heavy atom. The molecule has 4 heteroatoms. The number of hydrogen-bond acceptors (Lipinski definition) is 4. The number of esters is 2. The topological polar surface area (TPSA) is 52.6 Å². The van der Waals surface area contributed by atoms with E-state index < -0.39 is 17.4 Å². The fourth-order valence-electron chi connectivity index (χ4n) is 3.15. The highest BCUT2D eigenvalue weighted by molar-refractivity contribution is 6.04. The van der Waals surface area contributed by atoms with E-state index in [0.29, 0.717) is 0 Å². The van der Waals surface area contributed by atoms with Crippen LogP contribution >= 0.6 is 0 Å². The first-order valence-corrected chi connectivity index (χ1v) is 5.36. The fraction of sp³-hybridized carbons (Fsp3) is 0.818. The number of fused-ring (bicyclic) bond motifs is 1. The molecule has 2 aliphatic carbocycles. The molecule has 0 spiro atoms. The maximum atomic E-state index is 11.7. The predicted molar refractivity (Wildman–Crippen MR) is 51.9 cm³/mol. The van der Waals surface area contributed by atoms with Crippen LogP contribution in [-0.4, -0.2) is 26.2 Å². The average Bonchev–Trinajstić information content (AvgIpc) is 2.97. The second-order valence-corrected chi connectivity index (χ2v) is 4.35. The molecule has 84 valence electrons. The van der Waals surface area contributed by atoms with E-state index >= 15 is 0 Å². The van der Waals surface area contributed by atoms with Gasteiger partial charge in [0.05, 0.1) is 14.2 Å². The van der Waals surface area contributed by atoms with Crippen LogP contribution in [0.5, 0.6) is 0 Å². The third kappa shape index (κ3) is 1.20. The van der Waals surface area contributed by atoms with E-state index in [-0.39, 0.29) is 11.8 Å². The van der Waals surface area contributed by atoms with Crippen molar-refractivity contribution in [3.8, 4) is 0 Å². The van der Waals surface area contributed by atoms with Gasteiger partial charge in [0.25, 0.3) is 0 Å². The molecule has 0 radical (unpaired) electrons. The Balaban J connectivity index is 2.26. The van der Waals surface area contributed by atoms with E-state index in [2.05, 4.69) is 0 Å². The highest BCUT2D eigenvalue weighted by atomic mass is 16.5. The second kappa shape index (κ2) is 3.51. The molecular weight excluding hydrogens is 196 g/mol. The van der Waals surface area contributed by atoms with E-state index in [1.807, 2.05) is 0 Å². The minimum absolute atomic E-state index is 0.158. The van der Waals surface area contributed by atoms with Crippen molar-refractivity contribution in [1.29, 1.82) is 0 Å². The van der Waals surface area contributed by atoms with Gasteiger partial charge in [-0.1, -0.05) is 12.8 Å². The normalized spacial score (nSPS) is 31.3. The summed E-state index contributed by atoms with van der Waals surface area (Å²) >= 11 is 0. The number of methoxy groups -OCH3 is 2. The van der Waals surface area contributed by atoms with E-state index in [4.69, 9.17) is 9.47 Å². The smallest absolute Gasteiger partial charge is 0.323 e.